The van der Waals surface area contributed by atoms with E-state index in [1.807, 2.05) is 0 Å². The maximum atomic E-state index is 9.04. The van der Waals surface area contributed by atoms with Gasteiger partial charge in [0.15, 0.2) is 5.82 Å². The normalized spacial score (nSPS) is 23.7. The van der Waals surface area contributed by atoms with Gasteiger partial charge < -0.3 is 10.6 Å². The van der Waals surface area contributed by atoms with Gasteiger partial charge in [-0.05, 0) is 25.5 Å². The molecule has 2 fully saturated rings. The van der Waals surface area contributed by atoms with Gasteiger partial charge in [0.25, 0.3) is 0 Å². The number of nitrogens with two attached hydrogens (primary N) is 1. The Bertz CT molecular complexity index is 507. The molecule has 0 radical (unpaired) electrons. The Morgan fingerprint density at radius 2 is 2.21 bits per heavy atom. The third kappa shape index (κ3) is 2.24. The van der Waals surface area contributed by atoms with E-state index in [1.54, 1.807) is 12.3 Å². The lowest BCUT2D eigenvalue weighted by Gasteiger charge is -2.44. The lowest BCUT2D eigenvalue weighted by atomic mass is 9.99. The van der Waals surface area contributed by atoms with Gasteiger partial charge in [0.1, 0.15) is 6.07 Å². The van der Waals surface area contributed by atoms with Crippen molar-refractivity contribution in [1.29, 1.82) is 5.26 Å². The molecule has 0 aliphatic carbocycles. The topological polar surface area (TPSA) is 69.2 Å². The zero-order valence-corrected chi connectivity index (χ0v) is 11.0. The van der Waals surface area contributed by atoms with Crippen LogP contribution in [0.2, 0.25) is 0 Å². The Kier molecular flexibility index (Phi) is 3.26. The van der Waals surface area contributed by atoms with Crippen molar-refractivity contribution in [1.82, 2.24) is 9.88 Å². The number of nitriles is 1. The summed E-state index contributed by atoms with van der Waals surface area (Å²) in [5.41, 5.74) is 7.10. The zero-order valence-electron chi connectivity index (χ0n) is 11.0. The van der Waals surface area contributed by atoms with E-state index < -0.39 is 0 Å². The Morgan fingerprint density at radius 3 is 3.05 bits per heavy atom. The third-order valence-corrected chi connectivity index (χ3v) is 4.23. The predicted molar refractivity (Wildman–Crippen MR) is 74.8 cm³/mol. The van der Waals surface area contributed by atoms with Crippen molar-refractivity contribution < 1.29 is 0 Å². The van der Waals surface area contributed by atoms with Crippen LogP contribution in [0.3, 0.4) is 0 Å². The van der Waals surface area contributed by atoms with E-state index in [0.717, 1.165) is 25.5 Å². The molecule has 2 aliphatic rings. The fourth-order valence-electron chi connectivity index (χ4n) is 3.16. The van der Waals surface area contributed by atoms with E-state index in [2.05, 4.69) is 20.9 Å². The molecule has 0 aromatic carbocycles. The molecule has 1 unspecified atom stereocenters. The van der Waals surface area contributed by atoms with Crippen molar-refractivity contribution in [2.75, 3.05) is 36.8 Å². The summed E-state index contributed by atoms with van der Waals surface area (Å²) in [4.78, 5) is 9.19. The number of nitrogens with zero attached hydrogens (tertiary/aromatic N) is 4. The minimum absolute atomic E-state index is 0.522. The van der Waals surface area contributed by atoms with Gasteiger partial charge in [-0.15, -0.1) is 0 Å². The first-order valence-corrected chi connectivity index (χ1v) is 6.93. The molecule has 1 aromatic rings. The fraction of sp³-hybridized carbons (Fsp3) is 0.571. The van der Waals surface area contributed by atoms with Gasteiger partial charge in [-0.2, -0.15) is 5.26 Å². The summed E-state index contributed by atoms with van der Waals surface area (Å²) in [5.74, 6) is 0.782. The molecule has 0 amide bonds. The largest absolute Gasteiger partial charge is 0.395 e. The van der Waals surface area contributed by atoms with Crippen LogP contribution in [-0.2, 0) is 0 Å². The average molecular weight is 257 g/mol. The molecule has 2 aliphatic heterocycles. The van der Waals surface area contributed by atoms with E-state index in [0.29, 0.717) is 17.3 Å². The first-order valence-electron chi connectivity index (χ1n) is 6.93. The highest BCUT2D eigenvalue weighted by Gasteiger charge is 2.30. The summed E-state index contributed by atoms with van der Waals surface area (Å²) in [5, 5.41) is 9.04. The third-order valence-electron chi connectivity index (χ3n) is 4.23. The van der Waals surface area contributed by atoms with Crippen LogP contribution in [0.25, 0.3) is 0 Å². The van der Waals surface area contributed by atoms with Crippen molar-refractivity contribution in [3.05, 3.63) is 17.8 Å². The molecule has 5 heteroatoms. The van der Waals surface area contributed by atoms with Crippen molar-refractivity contribution in [3.8, 4) is 6.07 Å². The van der Waals surface area contributed by atoms with Crippen LogP contribution in [0.4, 0.5) is 11.5 Å². The number of piperazine rings is 1. The van der Waals surface area contributed by atoms with Gasteiger partial charge in [0, 0.05) is 31.9 Å². The quantitative estimate of drug-likeness (QED) is 0.819. The van der Waals surface area contributed by atoms with Crippen LogP contribution >= 0.6 is 0 Å². The Morgan fingerprint density at radius 1 is 1.32 bits per heavy atom. The second-order valence-corrected chi connectivity index (χ2v) is 5.34. The standard InChI is InChI=1S/C14H19N5/c15-9-11-4-5-17-14(13(11)16)19-8-7-18-6-2-1-3-12(18)10-19/h4-5,12H,1-3,6-8,10,16H2. The minimum Gasteiger partial charge on any atom is -0.395 e. The highest BCUT2D eigenvalue weighted by molar-refractivity contribution is 5.70. The molecule has 2 saturated heterocycles. The minimum atomic E-state index is 0.522. The van der Waals surface area contributed by atoms with Gasteiger partial charge in [-0.25, -0.2) is 4.98 Å². The number of aromatic nitrogens is 1. The Balaban J connectivity index is 1.82. The molecule has 0 bridgehead atoms. The molecule has 19 heavy (non-hydrogen) atoms. The Labute approximate surface area is 113 Å². The zero-order chi connectivity index (χ0) is 13.2. The smallest absolute Gasteiger partial charge is 0.153 e. The molecule has 5 nitrogen and oxygen atoms in total. The first kappa shape index (κ1) is 12.2. The van der Waals surface area contributed by atoms with Crippen molar-refractivity contribution in [2.24, 2.45) is 0 Å². The molecule has 1 atom stereocenters. The fourth-order valence-corrected chi connectivity index (χ4v) is 3.16. The highest BCUT2D eigenvalue weighted by atomic mass is 15.3. The summed E-state index contributed by atoms with van der Waals surface area (Å²) in [6, 6.07) is 4.43. The SMILES string of the molecule is N#Cc1ccnc(N2CCN3CCCCC3C2)c1N. The van der Waals surface area contributed by atoms with Crippen LogP contribution in [0.15, 0.2) is 12.3 Å². The molecule has 0 spiro atoms. The molecule has 3 rings (SSSR count). The van der Waals surface area contributed by atoms with E-state index >= 15 is 0 Å². The van der Waals surface area contributed by atoms with Crippen LogP contribution in [0.1, 0.15) is 24.8 Å². The maximum Gasteiger partial charge on any atom is 0.153 e. The van der Waals surface area contributed by atoms with Crippen LogP contribution < -0.4 is 10.6 Å². The van der Waals surface area contributed by atoms with Crippen molar-refractivity contribution in [3.63, 3.8) is 0 Å². The number of rotatable bonds is 1. The van der Waals surface area contributed by atoms with E-state index in [9.17, 15) is 0 Å². The number of hydrogen-bond acceptors (Lipinski definition) is 5. The number of fused-ring (bicyclic) bond motifs is 1. The number of hydrogen-bond donors (Lipinski definition) is 1. The monoisotopic (exact) mass is 257 g/mol. The number of nitrogen functional groups attached to an aromatic ring is 1. The van der Waals surface area contributed by atoms with Gasteiger partial charge in [-0.3, -0.25) is 4.90 Å². The van der Waals surface area contributed by atoms with Gasteiger partial charge in [0.05, 0.1) is 11.3 Å². The summed E-state index contributed by atoms with van der Waals surface area (Å²) in [7, 11) is 0. The lowest BCUT2D eigenvalue weighted by molar-refractivity contribution is 0.133. The molecule has 3 heterocycles. The summed E-state index contributed by atoms with van der Waals surface area (Å²) >= 11 is 0. The molecule has 100 valence electrons. The molecule has 2 N–H and O–H groups in total. The van der Waals surface area contributed by atoms with Gasteiger partial charge in [-0.1, -0.05) is 6.42 Å². The maximum absolute atomic E-state index is 9.04. The molecular formula is C14H19N5. The van der Waals surface area contributed by atoms with Gasteiger partial charge >= 0.3 is 0 Å². The number of piperidine rings is 1. The van der Waals surface area contributed by atoms with Crippen LogP contribution in [0, 0.1) is 11.3 Å². The summed E-state index contributed by atoms with van der Waals surface area (Å²) in [6.07, 6.45) is 5.57. The molecular weight excluding hydrogens is 238 g/mol. The highest BCUT2D eigenvalue weighted by Crippen LogP contribution is 2.28. The molecule has 0 saturated carbocycles. The molecule has 1 aromatic heterocycles. The number of pyridine rings is 1. The van der Waals surface area contributed by atoms with Crippen molar-refractivity contribution in [2.45, 2.75) is 25.3 Å². The predicted octanol–water partition coefficient (Wildman–Crippen LogP) is 1.21. The summed E-state index contributed by atoms with van der Waals surface area (Å²) < 4.78 is 0. The van der Waals surface area contributed by atoms with Crippen molar-refractivity contribution >= 4 is 11.5 Å². The van der Waals surface area contributed by atoms with Crippen LogP contribution in [-0.4, -0.2) is 42.1 Å². The second-order valence-electron chi connectivity index (χ2n) is 5.34. The van der Waals surface area contributed by atoms with E-state index in [4.69, 9.17) is 11.0 Å². The first-order chi connectivity index (χ1) is 9.29. The lowest BCUT2D eigenvalue weighted by Crippen LogP contribution is -2.55. The Hall–Kier alpha value is -1.80. The summed E-state index contributed by atoms with van der Waals surface area (Å²) in [6.45, 7) is 4.22. The van der Waals surface area contributed by atoms with E-state index in [1.165, 1.54) is 25.8 Å². The van der Waals surface area contributed by atoms with Crippen LogP contribution in [0.5, 0.6) is 0 Å². The van der Waals surface area contributed by atoms with Gasteiger partial charge in [0.2, 0.25) is 0 Å². The van der Waals surface area contributed by atoms with E-state index in [-0.39, 0.29) is 0 Å². The number of anilines is 2. The average Bonchev–Trinajstić information content (AvgIpc) is 2.47. The second kappa shape index (κ2) is 5.06.